The fourth-order valence-electron chi connectivity index (χ4n) is 3.57. The van der Waals surface area contributed by atoms with Crippen LogP contribution in [0, 0.1) is 11.7 Å². The average Bonchev–Trinajstić information content (AvgIpc) is 2.72. The Balaban J connectivity index is 0.00000272. The molecule has 1 N–H and O–H groups in total. The summed E-state index contributed by atoms with van der Waals surface area (Å²) < 4.78 is 41.4. The normalized spacial score (nSPS) is 16.2. The first-order valence-electron chi connectivity index (χ1n) is 10.3. The topological polar surface area (TPSA) is 52.6 Å². The molecular formula is C22H30Cl4FN3O2S. The Bertz CT molecular complexity index is 986. The van der Waals surface area contributed by atoms with Gasteiger partial charge >= 0.3 is 0 Å². The highest BCUT2D eigenvalue weighted by atomic mass is 35.5. The first-order valence-corrected chi connectivity index (χ1v) is 12.5. The van der Waals surface area contributed by atoms with Crippen molar-refractivity contribution in [3.05, 3.63) is 63.9 Å². The van der Waals surface area contributed by atoms with Crippen LogP contribution < -0.4 is 4.72 Å². The number of hydrogen-bond donors (Lipinski definition) is 1. The van der Waals surface area contributed by atoms with E-state index >= 15 is 0 Å². The number of halogens is 5. The summed E-state index contributed by atoms with van der Waals surface area (Å²) in [5.41, 5.74) is 1.12. The van der Waals surface area contributed by atoms with E-state index in [9.17, 15) is 12.8 Å². The Morgan fingerprint density at radius 3 is 2.06 bits per heavy atom. The Morgan fingerprint density at radius 2 is 1.52 bits per heavy atom. The summed E-state index contributed by atoms with van der Waals surface area (Å²) in [6.07, 6.45) is 0. The lowest BCUT2D eigenvalue weighted by Gasteiger charge is -2.37. The van der Waals surface area contributed by atoms with E-state index in [0.29, 0.717) is 16.6 Å². The Labute approximate surface area is 218 Å². The monoisotopic (exact) mass is 559 g/mol. The molecule has 1 unspecified atom stereocenters. The van der Waals surface area contributed by atoms with Gasteiger partial charge in [0.15, 0.2) is 0 Å². The minimum absolute atomic E-state index is 0. The van der Waals surface area contributed by atoms with Gasteiger partial charge in [0, 0.05) is 45.3 Å². The maximum atomic E-state index is 13.1. The maximum Gasteiger partial charge on any atom is 0.240 e. The van der Waals surface area contributed by atoms with Crippen molar-refractivity contribution in [1.29, 1.82) is 0 Å². The van der Waals surface area contributed by atoms with Gasteiger partial charge in [-0.1, -0.05) is 43.1 Å². The molecule has 0 amide bonds. The summed E-state index contributed by atoms with van der Waals surface area (Å²) in [4.78, 5) is 4.71. The fourth-order valence-corrected chi connectivity index (χ4v) is 5.27. The van der Waals surface area contributed by atoms with Crippen molar-refractivity contribution in [2.45, 2.75) is 31.3 Å². The highest BCUT2D eigenvalue weighted by Crippen LogP contribution is 2.23. The van der Waals surface area contributed by atoms with Gasteiger partial charge in [-0.3, -0.25) is 9.80 Å². The Hall–Kier alpha value is -0.640. The number of piperazine rings is 1. The molecule has 0 aromatic heterocycles. The summed E-state index contributed by atoms with van der Waals surface area (Å²) >= 11 is 12.1. The van der Waals surface area contributed by atoms with Gasteiger partial charge < -0.3 is 0 Å². The number of nitrogens with one attached hydrogen (secondary N) is 1. The largest absolute Gasteiger partial charge is 0.299 e. The van der Waals surface area contributed by atoms with Crippen LogP contribution in [0.1, 0.15) is 19.4 Å². The zero-order valence-corrected chi connectivity index (χ0v) is 22.5. The van der Waals surface area contributed by atoms with Crippen molar-refractivity contribution in [1.82, 2.24) is 14.5 Å². The third kappa shape index (κ3) is 8.82. The molecule has 33 heavy (non-hydrogen) atoms. The van der Waals surface area contributed by atoms with Crippen LogP contribution in [-0.2, 0) is 16.6 Å². The summed E-state index contributed by atoms with van der Waals surface area (Å²) in [5, 5.41) is 1.11. The lowest BCUT2D eigenvalue weighted by Crippen LogP contribution is -2.52. The molecule has 1 heterocycles. The maximum absolute atomic E-state index is 13.1. The third-order valence-corrected chi connectivity index (χ3v) is 7.79. The highest BCUT2D eigenvalue weighted by Gasteiger charge is 2.26. The second-order valence-electron chi connectivity index (χ2n) is 8.25. The molecule has 0 radical (unpaired) electrons. The van der Waals surface area contributed by atoms with Gasteiger partial charge in [-0.05, 0) is 47.9 Å². The summed E-state index contributed by atoms with van der Waals surface area (Å²) in [7, 11) is -3.71. The van der Waals surface area contributed by atoms with Crippen LogP contribution in [0.3, 0.4) is 0 Å². The standard InChI is InChI=1S/C22H28Cl2FN3O2S.2ClH/c1-16(2)22(26-31(29,30)19-6-4-18(25)5-7-19)15-28-11-9-27(10-12-28)14-17-3-8-20(23)21(24)13-17;;/h3-8,13,16,22,26H,9-12,14-15H2,1-2H3;2*1H. The van der Waals surface area contributed by atoms with Crippen molar-refractivity contribution in [2.75, 3.05) is 32.7 Å². The second kappa shape index (κ2) is 13.4. The molecule has 3 rings (SSSR count). The van der Waals surface area contributed by atoms with E-state index in [1.165, 1.54) is 12.1 Å². The van der Waals surface area contributed by atoms with Gasteiger partial charge in [-0.25, -0.2) is 17.5 Å². The van der Waals surface area contributed by atoms with E-state index < -0.39 is 15.8 Å². The van der Waals surface area contributed by atoms with Crippen LogP contribution in [-0.4, -0.2) is 57.0 Å². The zero-order chi connectivity index (χ0) is 22.6. The second-order valence-corrected chi connectivity index (χ2v) is 10.8. The van der Waals surface area contributed by atoms with Gasteiger partial charge in [0.05, 0.1) is 14.9 Å². The van der Waals surface area contributed by atoms with E-state index in [0.717, 1.165) is 50.4 Å². The lowest BCUT2D eigenvalue weighted by molar-refractivity contribution is 0.115. The SMILES string of the molecule is CC(C)C(CN1CCN(Cc2ccc(Cl)c(Cl)c2)CC1)NS(=O)(=O)c1ccc(F)cc1.Cl.Cl. The molecule has 186 valence electrons. The number of nitrogens with zero attached hydrogens (tertiary/aromatic N) is 2. The van der Waals surface area contributed by atoms with Crippen molar-refractivity contribution in [3.8, 4) is 0 Å². The minimum Gasteiger partial charge on any atom is -0.299 e. The van der Waals surface area contributed by atoms with E-state index in [1.54, 1.807) is 0 Å². The highest BCUT2D eigenvalue weighted by molar-refractivity contribution is 7.89. The third-order valence-electron chi connectivity index (χ3n) is 5.55. The van der Waals surface area contributed by atoms with Crippen LogP contribution in [0.15, 0.2) is 47.4 Å². The number of sulfonamides is 1. The fraction of sp³-hybridized carbons (Fsp3) is 0.455. The number of benzene rings is 2. The molecule has 1 saturated heterocycles. The Kier molecular flexibility index (Phi) is 12.4. The lowest BCUT2D eigenvalue weighted by atomic mass is 10.0. The quantitative estimate of drug-likeness (QED) is 0.488. The minimum atomic E-state index is -3.71. The van der Waals surface area contributed by atoms with Crippen molar-refractivity contribution in [2.24, 2.45) is 5.92 Å². The first-order chi connectivity index (χ1) is 14.6. The molecule has 0 bridgehead atoms. The average molecular weight is 561 g/mol. The van der Waals surface area contributed by atoms with E-state index in [1.807, 2.05) is 32.0 Å². The van der Waals surface area contributed by atoms with Crippen LogP contribution in [0.4, 0.5) is 4.39 Å². The first kappa shape index (κ1) is 30.4. The van der Waals surface area contributed by atoms with Gasteiger partial charge in [0.1, 0.15) is 5.82 Å². The molecule has 5 nitrogen and oxygen atoms in total. The van der Waals surface area contributed by atoms with E-state index in [4.69, 9.17) is 23.2 Å². The van der Waals surface area contributed by atoms with Gasteiger partial charge in [-0.2, -0.15) is 0 Å². The van der Waals surface area contributed by atoms with Crippen molar-refractivity contribution in [3.63, 3.8) is 0 Å². The van der Waals surface area contributed by atoms with Crippen molar-refractivity contribution >= 4 is 58.0 Å². The van der Waals surface area contributed by atoms with Crippen molar-refractivity contribution < 1.29 is 12.8 Å². The van der Waals surface area contributed by atoms with Crippen LogP contribution >= 0.6 is 48.0 Å². The van der Waals surface area contributed by atoms with Gasteiger partial charge in [0.25, 0.3) is 0 Å². The molecule has 11 heteroatoms. The summed E-state index contributed by atoms with van der Waals surface area (Å²) in [6, 6.07) is 10.4. The number of rotatable bonds is 8. The van der Waals surface area contributed by atoms with Crippen LogP contribution in [0.25, 0.3) is 0 Å². The molecule has 0 spiro atoms. The molecule has 1 atom stereocenters. The van der Waals surface area contributed by atoms with Crippen LogP contribution in [0.5, 0.6) is 0 Å². The molecule has 2 aromatic carbocycles. The zero-order valence-electron chi connectivity index (χ0n) is 18.5. The molecule has 2 aromatic rings. The van der Waals surface area contributed by atoms with E-state index in [-0.39, 0.29) is 41.7 Å². The number of hydrogen-bond acceptors (Lipinski definition) is 4. The molecule has 1 aliphatic rings. The van der Waals surface area contributed by atoms with Crippen LogP contribution in [0.2, 0.25) is 10.0 Å². The summed E-state index contributed by atoms with van der Waals surface area (Å²) in [6.45, 7) is 8.89. The molecule has 0 aliphatic carbocycles. The predicted molar refractivity (Wildman–Crippen MR) is 138 cm³/mol. The van der Waals surface area contributed by atoms with Gasteiger partial charge in [0.2, 0.25) is 10.0 Å². The molecule has 0 saturated carbocycles. The molecular weight excluding hydrogens is 531 g/mol. The Morgan fingerprint density at radius 1 is 0.939 bits per heavy atom. The van der Waals surface area contributed by atoms with Gasteiger partial charge in [-0.15, -0.1) is 24.8 Å². The smallest absolute Gasteiger partial charge is 0.240 e. The predicted octanol–water partition coefficient (Wildman–Crippen LogP) is 5.10. The van der Waals surface area contributed by atoms with E-state index in [2.05, 4.69) is 14.5 Å². The molecule has 1 fully saturated rings. The molecule has 1 aliphatic heterocycles. The summed E-state index contributed by atoms with van der Waals surface area (Å²) in [5.74, 6) is -0.345.